The first-order chi connectivity index (χ1) is 32.6. The number of aliphatic hydroxyl groups is 1. The van der Waals surface area contributed by atoms with Crippen molar-refractivity contribution in [3.05, 3.63) is 109 Å². The van der Waals surface area contributed by atoms with Gasteiger partial charge in [-0.3, -0.25) is 9.59 Å². The molecule has 66 heavy (non-hydrogen) atoms. The molecule has 0 saturated heterocycles. The maximum absolute atomic E-state index is 12.3. The monoisotopic (exact) mass is 915 g/mol. The fraction of sp³-hybridized carbons (Fsp3) is 0.672. The van der Waals surface area contributed by atoms with Gasteiger partial charge >= 0.3 is 11.9 Å². The molecule has 0 heterocycles. The Labute approximate surface area is 408 Å². The largest absolute Gasteiger partial charge is 0.462 e. The molecule has 0 fully saturated rings. The van der Waals surface area contributed by atoms with Crippen molar-refractivity contribution in [3.8, 4) is 0 Å². The van der Waals surface area contributed by atoms with Crippen LogP contribution >= 0.6 is 0 Å². The smallest absolute Gasteiger partial charge is 0.306 e. The Kier molecular flexibility index (Phi) is 53.0. The van der Waals surface area contributed by atoms with Crippen LogP contribution in [0.25, 0.3) is 0 Å². The van der Waals surface area contributed by atoms with Gasteiger partial charge in [-0.15, -0.1) is 0 Å². The summed E-state index contributed by atoms with van der Waals surface area (Å²) in [5.74, 6) is -0.612. The van der Waals surface area contributed by atoms with E-state index >= 15 is 0 Å². The summed E-state index contributed by atoms with van der Waals surface area (Å²) in [5.41, 5.74) is 0. The third-order valence-electron chi connectivity index (χ3n) is 11.6. The SMILES string of the molecule is CC/C=C\C/C=C\C/C=C\C/C=C\C/C=C\C/C=C\CCCCCCCCC(=O)OC(CO)COC(=O)CCCCCCCCCCCCCC/C=C\C/C=C\C/C=C\CCCCCCC. The molecule has 0 aliphatic heterocycles. The standard InChI is InChI=1S/C61H102O5/c1-3-5-7-9-11-13-15-17-19-21-23-25-27-29-30-32-33-35-37-39-41-43-45-47-49-51-53-55-60(63)65-58-59(57-62)66-61(64)56-54-52-50-48-46-44-42-40-38-36-34-31-28-26-24-22-20-18-16-14-12-10-8-6-4-2/h6,8,12,14-15,17-18,20-21,23-24,26-27,29,31,34,38,40,59,62H,3-5,7,9-11,13,16,19,22,25,28,30,32-33,35-37,39,41-58H2,1-2H3/b8-6-,14-12-,17-15-,20-18-,23-21-,26-24-,29-27-,34-31-,40-38-. The van der Waals surface area contributed by atoms with Crippen LogP contribution < -0.4 is 0 Å². The molecule has 0 spiro atoms. The molecule has 1 N–H and O–H groups in total. The molecule has 0 amide bonds. The third-order valence-corrected chi connectivity index (χ3v) is 11.6. The first kappa shape index (κ1) is 62.6. The number of ether oxygens (including phenoxy) is 2. The quantitative estimate of drug-likeness (QED) is 0.0374. The fourth-order valence-corrected chi connectivity index (χ4v) is 7.45. The minimum absolute atomic E-state index is 0.0788. The highest BCUT2D eigenvalue weighted by Crippen LogP contribution is 2.15. The van der Waals surface area contributed by atoms with Crippen molar-refractivity contribution in [3.63, 3.8) is 0 Å². The number of hydrogen-bond acceptors (Lipinski definition) is 5. The van der Waals surface area contributed by atoms with E-state index in [9.17, 15) is 14.7 Å². The average Bonchev–Trinajstić information content (AvgIpc) is 3.32. The Bertz CT molecular complexity index is 1310. The van der Waals surface area contributed by atoms with Crippen LogP contribution in [0.2, 0.25) is 0 Å². The number of unbranched alkanes of at least 4 members (excludes halogenated alkanes) is 23. The second kappa shape index (κ2) is 55.9. The summed E-state index contributed by atoms with van der Waals surface area (Å²) in [6.07, 6.45) is 80.4. The van der Waals surface area contributed by atoms with Gasteiger partial charge in [-0.2, -0.15) is 0 Å². The average molecular weight is 915 g/mol. The summed E-state index contributed by atoms with van der Waals surface area (Å²) in [6.45, 7) is 4.01. The molecule has 376 valence electrons. The lowest BCUT2D eigenvalue weighted by molar-refractivity contribution is -0.161. The van der Waals surface area contributed by atoms with Gasteiger partial charge in [0.05, 0.1) is 6.61 Å². The molecular weight excluding hydrogens is 813 g/mol. The summed E-state index contributed by atoms with van der Waals surface area (Å²) in [5, 5.41) is 9.65. The van der Waals surface area contributed by atoms with Crippen molar-refractivity contribution in [1.82, 2.24) is 0 Å². The van der Waals surface area contributed by atoms with Gasteiger partial charge < -0.3 is 14.6 Å². The van der Waals surface area contributed by atoms with E-state index in [1.54, 1.807) is 0 Å². The number of carbonyl (C=O) groups excluding carboxylic acids is 2. The fourth-order valence-electron chi connectivity index (χ4n) is 7.45. The maximum atomic E-state index is 12.3. The van der Waals surface area contributed by atoms with Gasteiger partial charge in [0.25, 0.3) is 0 Å². The van der Waals surface area contributed by atoms with E-state index in [1.807, 2.05) is 0 Å². The second-order valence-electron chi connectivity index (χ2n) is 17.9. The first-order valence-electron chi connectivity index (χ1n) is 27.4. The van der Waals surface area contributed by atoms with E-state index in [0.717, 1.165) is 96.3 Å². The molecule has 0 saturated carbocycles. The first-order valence-corrected chi connectivity index (χ1v) is 27.4. The Morgan fingerprint density at radius 3 is 0.985 bits per heavy atom. The number of hydrogen-bond donors (Lipinski definition) is 1. The highest BCUT2D eigenvalue weighted by atomic mass is 16.6. The molecule has 0 aromatic heterocycles. The van der Waals surface area contributed by atoms with Gasteiger partial charge in [0.1, 0.15) is 6.61 Å². The Hall–Kier alpha value is -3.44. The lowest BCUT2D eigenvalue weighted by atomic mass is 10.0. The molecule has 0 aromatic carbocycles. The molecule has 0 bridgehead atoms. The Morgan fingerprint density at radius 2 is 0.652 bits per heavy atom. The number of esters is 2. The van der Waals surface area contributed by atoms with Gasteiger partial charge in [0.2, 0.25) is 0 Å². The Balaban J connectivity index is 3.57. The predicted octanol–water partition coefficient (Wildman–Crippen LogP) is 18.5. The minimum atomic E-state index is -0.789. The van der Waals surface area contributed by atoms with Crippen molar-refractivity contribution < 1.29 is 24.2 Å². The molecule has 5 heteroatoms. The third kappa shape index (κ3) is 53.2. The van der Waals surface area contributed by atoms with Gasteiger partial charge in [-0.1, -0.05) is 239 Å². The molecule has 1 atom stereocenters. The highest BCUT2D eigenvalue weighted by molar-refractivity contribution is 5.70. The molecule has 0 aromatic rings. The molecule has 1 unspecified atom stereocenters. The van der Waals surface area contributed by atoms with Crippen LogP contribution in [-0.4, -0.2) is 36.4 Å². The predicted molar refractivity (Wildman–Crippen MR) is 288 cm³/mol. The van der Waals surface area contributed by atoms with Gasteiger partial charge in [0, 0.05) is 12.8 Å². The highest BCUT2D eigenvalue weighted by Gasteiger charge is 2.16. The van der Waals surface area contributed by atoms with E-state index < -0.39 is 6.10 Å². The number of allylic oxidation sites excluding steroid dienone is 18. The Morgan fingerprint density at radius 1 is 0.364 bits per heavy atom. The van der Waals surface area contributed by atoms with Crippen LogP contribution in [0, 0.1) is 0 Å². The van der Waals surface area contributed by atoms with Gasteiger partial charge in [-0.25, -0.2) is 0 Å². The van der Waals surface area contributed by atoms with Crippen LogP contribution in [-0.2, 0) is 19.1 Å². The summed E-state index contributed by atoms with van der Waals surface area (Å²) in [7, 11) is 0. The topological polar surface area (TPSA) is 72.8 Å². The molecule has 0 aliphatic rings. The number of rotatable bonds is 49. The van der Waals surface area contributed by atoms with Crippen LogP contribution in [0.15, 0.2) is 109 Å². The minimum Gasteiger partial charge on any atom is -0.462 e. The van der Waals surface area contributed by atoms with Crippen molar-refractivity contribution in [2.75, 3.05) is 13.2 Å². The van der Waals surface area contributed by atoms with Crippen LogP contribution in [0.3, 0.4) is 0 Å². The van der Waals surface area contributed by atoms with Crippen molar-refractivity contribution in [1.29, 1.82) is 0 Å². The van der Waals surface area contributed by atoms with E-state index in [1.165, 1.54) is 122 Å². The zero-order valence-corrected chi connectivity index (χ0v) is 42.9. The lowest BCUT2D eigenvalue weighted by Gasteiger charge is -2.15. The van der Waals surface area contributed by atoms with E-state index in [-0.39, 0.29) is 25.2 Å². The van der Waals surface area contributed by atoms with E-state index in [0.29, 0.717) is 12.8 Å². The summed E-state index contributed by atoms with van der Waals surface area (Å²) in [4.78, 5) is 24.5. The zero-order chi connectivity index (χ0) is 47.7. The molecule has 0 radical (unpaired) electrons. The van der Waals surface area contributed by atoms with Crippen molar-refractivity contribution >= 4 is 11.9 Å². The lowest BCUT2D eigenvalue weighted by Crippen LogP contribution is -2.28. The summed E-state index contributed by atoms with van der Waals surface area (Å²) in [6, 6.07) is 0. The van der Waals surface area contributed by atoms with Gasteiger partial charge in [-0.05, 0) is 103 Å². The van der Waals surface area contributed by atoms with Gasteiger partial charge in [0.15, 0.2) is 6.10 Å². The summed E-state index contributed by atoms with van der Waals surface area (Å²) >= 11 is 0. The normalized spacial score (nSPS) is 13.1. The molecule has 0 aliphatic carbocycles. The van der Waals surface area contributed by atoms with E-state index in [2.05, 4.69) is 123 Å². The van der Waals surface area contributed by atoms with Crippen LogP contribution in [0.1, 0.15) is 245 Å². The number of carbonyl (C=O) groups is 2. The number of aliphatic hydroxyl groups excluding tert-OH is 1. The maximum Gasteiger partial charge on any atom is 0.306 e. The summed E-state index contributed by atoms with van der Waals surface area (Å²) < 4.78 is 10.7. The van der Waals surface area contributed by atoms with Crippen molar-refractivity contribution in [2.24, 2.45) is 0 Å². The molecule has 5 nitrogen and oxygen atoms in total. The second-order valence-corrected chi connectivity index (χ2v) is 17.9. The van der Waals surface area contributed by atoms with Crippen LogP contribution in [0.4, 0.5) is 0 Å². The van der Waals surface area contributed by atoms with Crippen molar-refractivity contribution in [2.45, 2.75) is 251 Å². The zero-order valence-electron chi connectivity index (χ0n) is 42.9. The van der Waals surface area contributed by atoms with E-state index in [4.69, 9.17) is 9.47 Å². The molecular formula is C61H102O5. The molecule has 0 rings (SSSR count). The van der Waals surface area contributed by atoms with Crippen LogP contribution in [0.5, 0.6) is 0 Å².